The Labute approximate surface area is 133 Å². The van der Waals surface area contributed by atoms with Crippen molar-refractivity contribution in [3.8, 4) is 12.3 Å². The third kappa shape index (κ3) is 4.74. The highest BCUT2D eigenvalue weighted by atomic mass is 16.5. The van der Waals surface area contributed by atoms with Crippen molar-refractivity contribution < 1.29 is 9.84 Å². The van der Waals surface area contributed by atoms with Crippen LogP contribution >= 0.6 is 0 Å². The molecule has 1 saturated heterocycles. The largest absolute Gasteiger partial charge is 0.389 e. The molecule has 1 aliphatic rings. The zero-order valence-corrected chi connectivity index (χ0v) is 13.4. The minimum absolute atomic E-state index is 0.263. The summed E-state index contributed by atoms with van der Waals surface area (Å²) in [6, 6.07) is 8.61. The Morgan fingerprint density at radius 2 is 2.00 bits per heavy atom. The van der Waals surface area contributed by atoms with E-state index < -0.39 is 6.10 Å². The molecular formula is C18H26N2O2. The van der Waals surface area contributed by atoms with E-state index >= 15 is 0 Å². The summed E-state index contributed by atoms with van der Waals surface area (Å²) in [5.74, 6) is 2.41. The zero-order chi connectivity index (χ0) is 15.8. The lowest BCUT2D eigenvalue weighted by Gasteiger charge is -2.37. The van der Waals surface area contributed by atoms with Crippen LogP contribution in [0.2, 0.25) is 0 Å². The molecule has 2 rings (SSSR count). The van der Waals surface area contributed by atoms with Gasteiger partial charge in [-0.1, -0.05) is 31.0 Å². The Morgan fingerprint density at radius 1 is 1.27 bits per heavy atom. The molecule has 1 aromatic carbocycles. The van der Waals surface area contributed by atoms with Crippen molar-refractivity contribution in [3.05, 3.63) is 29.8 Å². The lowest BCUT2D eigenvalue weighted by atomic mass is 10.1. The smallest absolute Gasteiger partial charge is 0.107 e. The fourth-order valence-electron chi connectivity index (χ4n) is 2.89. The van der Waals surface area contributed by atoms with Crippen molar-refractivity contribution >= 4 is 5.69 Å². The van der Waals surface area contributed by atoms with Crippen molar-refractivity contribution in [1.29, 1.82) is 0 Å². The van der Waals surface area contributed by atoms with Crippen LogP contribution < -0.4 is 4.90 Å². The molecule has 0 aromatic heterocycles. The number of terminal acetylenes is 1. The Kier molecular flexibility index (Phi) is 6.73. The standard InChI is InChI=1S/C18H26N2O2/c1-3-13-22-15-17(21)14-19-9-11-20(12-10-19)18-8-6-5-7-16(18)4-2/h1,5-8,17,21H,4,9-15H2,2H3. The first-order valence-electron chi connectivity index (χ1n) is 7.99. The number of aryl methyl sites for hydroxylation is 1. The van der Waals surface area contributed by atoms with Gasteiger partial charge in [-0.3, -0.25) is 4.90 Å². The molecule has 0 amide bonds. The van der Waals surface area contributed by atoms with Crippen LogP contribution in [0.4, 0.5) is 5.69 Å². The van der Waals surface area contributed by atoms with E-state index in [1.165, 1.54) is 11.3 Å². The van der Waals surface area contributed by atoms with Gasteiger partial charge in [0.05, 0.1) is 12.7 Å². The number of aliphatic hydroxyl groups is 1. The molecule has 0 aliphatic carbocycles. The van der Waals surface area contributed by atoms with E-state index in [1.807, 2.05) is 0 Å². The monoisotopic (exact) mass is 302 g/mol. The first-order chi connectivity index (χ1) is 10.7. The molecule has 0 saturated carbocycles. The Hall–Kier alpha value is -1.54. The molecule has 1 aromatic rings. The van der Waals surface area contributed by atoms with E-state index in [9.17, 15) is 5.11 Å². The van der Waals surface area contributed by atoms with Crippen LogP contribution in [0, 0.1) is 12.3 Å². The second-order valence-electron chi connectivity index (χ2n) is 5.64. The molecule has 0 radical (unpaired) electrons. The number of ether oxygens (including phenoxy) is 1. The van der Waals surface area contributed by atoms with E-state index in [2.05, 4.69) is 46.9 Å². The third-order valence-electron chi connectivity index (χ3n) is 4.05. The summed E-state index contributed by atoms with van der Waals surface area (Å²) in [7, 11) is 0. The second kappa shape index (κ2) is 8.79. The van der Waals surface area contributed by atoms with Crippen LogP contribution in [0.1, 0.15) is 12.5 Å². The van der Waals surface area contributed by atoms with Gasteiger partial charge in [0.1, 0.15) is 6.61 Å². The highest BCUT2D eigenvalue weighted by molar-refractivity contribution is 5.54. The summed E-state index contributed by atoms with van der Waals surface area (Å²) in [6.45, 7) is 7.33. The number of anilines is 1. The van der Waals surface area contributed by atoms with Gasteiger partial charge in [0.25, 0.3) is 0 Å². The van der Waals surface area contributed by atoms with Crippen molar-refractivity contribution in [3.63, 3.8) is 0 Å². The molecule has 120 valence electrons. The van der Waals surface area contributed by atoms with Crippen LogP contribution in [0.15, 0.2) is 24.3 Å². The molecule has 22 heavy (non-hydrogen) atoms. The molecule has 1 unspecified atom stereocenters. The van der Waals surface area contributed by atoms with Gasteiger partial charge in [-0.05, 0) is 18.1 Å². The Bertz CT molecular complexity index is 490. The van der Waals surface area contributed by atoms with Crippen molar-refractivity contribution in [2.45, 2.75) is 19.4 Å². The van der Waals surface area contributed by atoms with Crippen molar-refractivity contribution in [2.24, 2.45) is 0 Å². The summed E-state index contributed by atoms with van der Waals surface area (Å²) in [5.41, 5.74) is 2.75. The van der Waals surface area contributed by atoms with Crippen LogP contribution in [0.25, 0.3) is 0 Å². The van der Waals surface area contributed by atoms with Gasteiger partial charge in [0.2, 0.25) is 0 Å². The van der Waals surface area contributed by atoms with E-state index in [0.29, 0.717) is 13.2 Å². The number of β-amino-alcohol motifs (C(OH)–C–C–N with tert-alkyl or cyclic N) is 1. The second-order valence-corrected chi connectivity index (χ2v) is 5.64. The van der Waals surface area contributed by atoms with Gasteiger partial charge in [-0.15, -0.1) is 6.42 Å². The molecule has 4 nitrogen and oxygen atoms in total. The van der Waals surface area contributed by atoms with E-state index in [0.717, 1.165) is 32.6 Å². The lowest BCUT2D eigenvalue weighted by molar-refractivity contribution is 0.0267. The van der Waals surface area contributed by atoms with Gasteiger partial charge in [-0.2, -0.15) is 0 Å². The number of nitrogens with zero attached hydrogens (tertiary/aromatic N) is 2. The Balaban J connectivity index is 1.79. The Morgan fingerprint density at radius 3 is 2.68 bits per heavy atom. The minimum Gasteiger partial charge on any atom is -0.389 e. The van der Waals surface area contributed by atoms with Gasteiger partial charge >= 0.3 is 0 Å². The van der Waals surface area contributed by atoms with Crippen LogP contribution in [-0.4, -0.2) is 62.0 Å². The number of rotatable bonds is 7. The predicted molar refractivity (Wildman–Crippen MR) is 90.1 cm³/mol. The first kappa shape index (κ1) is 16.8. The summed E-state index contributed by atoms with van der Waals surface area (Å²) < 4.78 is 5.18. The summed E-state index contributed by atoms with van der Waals surface area (Å²) in [4.78, 5) is 4.73. The maximum absolute atomic E-state index is 9.94. The predicted octanol–water partition coefficient (Wildman–Crippen LogP) is 1.38. The van der Waals surface area contributed by atoms with Gasteiger partial charge in [0.15, 0.2) is 0 Å². The van der Waals surface area contributed by atoms with Crippen LogP contribution in [0.3, 0.4) is 0 Å². The number of piperazine rings is 1. The molecule has 0 spiro atoms. The van der Waals surface area contributed by atoms with Gasteiger partial charge in [0, 0.05) is 38.4 Å². The van der Waals surface area contributed by atoms with Crippen molar-refractivity contribution in [2.75, 3.05) is 50.8 Å². The molecule has 1 N–H and O–H groups in total. The number of benzene rings is 1. The number of para-hydroxylation sites is 1. The maximum atomic E-state index is 9.94. The third-order valence-corrected chi connectivity index (χ3v) is 4.05. The van der Waals surface area contributed by atoms with Crippen LogP contribution in [0.5, 0.6) is 0 Å². The van der Waals surface area contributed by atoms with E-state index in [-0.39, 0.29) is 6.61 Å². The number of hydrogen-bond donors (Lipinski definition) is 1. The molecule has 1 heterocycles. The molecule has 1 atom stereocenters. The number of hydrogen-bond acceptors (Lipinski definition) is 4. The average Bonchev–Trinajstić information content (AvgIpc) is 2.56. The van der Waals surface area contributed by atoms with E-state index in [4.69, 9.17) is 11.2 Å². The molecule has 1 fully saturated rings. The van der Waals surface area contributed by atoms with Crippen molar-refractivity contribution in [1.82, 2.24) is 4.90 Å². The zero-order valence-electron chi connectivity index (χ0n) is 13.4. The lowest BCUT2D eigenvalue weighted by Crippen LogP contribution is -2.49. The summed E-state index contributed by atoms with van der Waals surface area (Å²) in [6.07, 6.45) is 5.71. The first-order valence-corrected chi connectivity index (χ1v) is 7.99. The van der Waals surface area contributed by atoms with Gasteiger partial charge in [-0.25, -0.2) is 0 Å². The average molecular weight is 302 g/mol. The minimum atomic E-state index is -0.470. The topological polar surface area (TPSA) is 35.9 Å². The highest BCUT2D eigenvalue weighted by Crippen LogP contribution is 2.22. The highest BCUT2D eigenvalue weighted by Gasteiger charge is 2.20. The fraction of sp³-hybridized carbons (Fsp3) is 0.556. The molecule has 1 aliphatic heterocycles. The molecular weight excluding hydrogens is 276 g/mol. The van der Waals surface area contributed by atoms with E-state index in [1.54, 1.807) is 0 Å². The quantitative estimate of drug-likeness (QED) is 0.610. The van der Waals surface area contributed by atoms with Gasteiger partial charge < -0.3 is 14.7 Å². The van der Waals surface area contributed by atoms with Crippen LogP contribution in [-0.2, 0) is 11.2 Å². The SMILES string of the molecule is C#CCOCC(O)CN1CCN(c2ccccc2CC)CC1. The maximum Gasteiger partial charge on any atom is 0.107 e. The number of aliphatic hydroxyl groups excluding tert-OH is 1. The normalized spacial score (nSPS) is 17.2. The summed E-state index contributed by atoms with van der Waals surface area (Å²) in [5, 5.41) is 9.94. The fourth-order valence-corrected chi connectivity index (χ4v) is 2.89. The molecule has 4 heteroatoms. The summed E-state index contributed by atoms with van der Waals surface area (Å²) >= 11 is 0. The molecule has 0 bridgehead atoms.